The van der Waals surface area contributed by atoms with E-state index in [2.05, 4.69) is 31.9 Å². The van der Waals surface area contributed by atoms with Crippen molar-refractivity contribution in [2.24, 2.45) is 17.8 Å². The Bertz CT molecular complexity index is 1510. The summed E-state index contributed by atoms with van der Waals surface area (Å²) in [6.07, 6.45) is 5.40. The van der Waals surface area contributed by atoms with Gasteiger partial charge in [0.25, 0.3) is 5.91 Å². The number of benzene rings is 2. The second-order valence-electron chi connectivity index (χ2n) is 14.0. The fourth-order valence-electron chi connectivity index (χ4n) is 8.78. The SMILES string of the molecule is C=CCN(C(=O)C1N([C@@H](CO)CC(C)C)C(=O)[C@@H]2[C@H](C(=O)N(CC=C)c3ccccc3)[C@]3(CC)CCC12O3)c1ccc(N(CC)CC)cc1. The van der Waals surface area contributed by atoms with Crippen LogP contribution in [-0.4, -0.2) is 83.8 Å². The average Bonchev–Trinajstić information content (AvgIpc) is 3.72. The number of aliphatic hydroxyl groups excluding tert-OH is 1. The lowest BCUT2D eigenvalue weighted by Crippen LogP contribution is -2.59. The summed E-state index contributed by atoms with van der Waals surface area (Å²) in [7, 11) is 0. The van der Waals surface area contributed by atoms with Gasteiger partial charge in [-0.2, -0.15) is 0 Å². The molecule has 9 nitrogen and oxygen atoms in total. The molecule has 2 unspecified atom stereocenters. The number of para-hydroxylation sites is 1. The molecule has 3 amide bonds. The highest BCUT2D eigenvalue weighted by molar-refractivity contribution is 6.07. The minimum atomic E-state index is -1.23. The molecule has 6 atom stereocenters. The lowest BCUT2D eigenvalue weighted by molar-refractivity contribution is -0.149. The van der Waals surface area contributed by atoms with Gasteiger partial charge in [0, 0.05) is 43.2 Å². The Kier molecular flexibility index (Phi) is 11.0. The van der Waals surface area contributed by atoms with Crippen LogP contribution in [0.5, 0.6) is 0 Å². The van der Waals surface area contributed by atoms with Crippen molar-refractivity contribution in [2.45, 2.75) is 83.6 Å². The molecule has 2 aromatic carbocycles. The van der Waals surface area contributed by atoms with Crippen LogP contribution in [0.15, 0.2) is 79.9 Å². The van der Waals surface area contributed by atoms with Gasteiger partial charge in [-0.05, 0) is 81.8 Å². The number of anilines is 3. The topological polar surface area (TPSA) is 93.6 Å². The molecule has 49 heavy (non-hydrogen) atoms. The van der Waals surface area contributed by atoms with Gasteiger partial charge >= 0.3 is 0 Å². The van der Waals surface area contributed by atoms with E-state index in [0.717, 1.165) is 18.8 Å². The third-order valence-corrected chi connectivity index (χ3v) is 11.0. The van der Waals surface area contributed by atoms with Crippen LogP contribution in [0.1, 0.15) is 60.3 Å². The second-order valence-corrected chi connectivity index (χ2v) is 14.0. The molecule has 2 aromatic rings. The van der Waals surface area contributed by atoms with Crippen LogP contribution in [0, 0.1) is 17.8 Å². The predicted molar refractivity (Wildman–Crippen MR) is 196 cm³/mol. The monoisotopic (exact) mass is 670 g/mol. The van der Waals surface area contributed by atoms with Crippen LogP contribution in [0.3, 0.4) is 0 Å². The van der Waals surface area contributed by atoms with E-state index in [1.165, 1.54) is 0 Å². The summed E-state index contributed by atoms with van der Waals surface area (Å²) in [5, 5.41) is 10.8. The van der Waals surface area contributed by atoms with Gasteiger partial charge in [-0.1, -0.05) is 51.1 Å². The number of fused-ring (bicyclic) bond motifs is 1. The Hall–Kier alpha value is -3.95. The molecule has 0 saturated carbocycles. The van der Waals surface area contributed by atoms with E-state index in [0.29, 0.717) is 37.1 Å². The van der Waals surface area contributed by atoms with Gasteiger partial charge in [0.2, 0.25) is 11.8 Å². The first kappa shape index (κ1) is 36.3. The van der Waals surface area contributed by atoms with Crippen LogP contribution in [0.2, 0.25) is 0 Å². The standard InChI is InChI=1S/C40H54N4O5/c1-8-24-42(30-16-14-13-15-17-30)36(46)33-34-37(47)44(32(27-45)26-28(6)7)35(40(34)23-22-39(33,10-3)49-40)38(48)43(25-9-2)31-20-18-29(19-21-31)41(11-4)12-5/h8-9,13-21,28,32-35,45H,1-2,10-12,22-27H2,3-7H3/t32-,33-,34+,35?,39+,40?/m1/s1. The van der Waals surface area contributed by atoms with Gasteiger partial charge in [-0.25, -0.2) is 0 Å². The molecule has 3 fully saturated rings. The van der Waals surface area contributed by atoms with Crippen molar-refractivity contribution < 1.29 is 24.2 Å². The molecule has 3 aliphatic heterocycles. The molecule has 0 aromatic heterocycles. The number of likely N-dealkylation sites (tertiary alicyclic amines) is 1. The lowest BCUT2D eigenvalue weighted by atomic mass is 9.64. The zero-order valence-electron chi connectivity index (χ0n) is 29.9. The van der Waals surface area contributed by atoms with E-state index < -0.39 is 35.1 Å². The number of ether oxygens (including phenoxy) is 1. The molecular formula is C40H54N4O5. The highest BCUT2D eigenvalue weighted by Crippen LogP contribution is 2.65. The van der Waals surface area contributed by atoms with Crippen molar-refractivity contribution in [1.82, 2.24) is 4.90 Å². The molecule has 2 bridgehead atoms. The molecule has 1 spiro atoms. The number of rotatable bonds is 16. The molecule has 5 rings (SSSR count). The van der Waals surface area contributed by atoms with Gasteiger partial charge in [-0.15, -0.1) is 13.2 Å². The van der Waals surface area contributed by atoms with E-state index >= 15 is 9.59 Å². The fraction of sp³-hybridized carbons (Fsp3) is 0.525. The van der Waals surface area contributed by atoms with Crippen molar-refractivity contribution in [3.05, 3.63) is 79.9 Å². The quantitative estimate of drug-likeness (QED) is 0.226. The summed E-state index contributed by atoms with van der Waals surface area (Å²) in [6.45, 7) is 20.0. The van der Waals surface area contributed by atoms with E-state index in [4.69, 9.17) is 4.74 Å². The number of hydrogen-bond donors (Lipinski definition) is 1. The molecule has 264 valence electrons. The van der Waals surface area contributed by atoms with Gasteiger partial charge in [0.1, 0.15) is 11.6 Å². The van der Waals surface area contributed by atoms with Crippen LogP contribution in [0.25, 0.3) is 0 Å². The fourth-order valence-corrected chi connectivity index (χ4v) is 8.78. The minimum absolute atomic E-state index is 0.147. The Morgan fingerprint density at radius 3 is 2.02 bits per heavy atom. The number of carbonyl (C=O) groups is 3. The number of hydrogen-bond acceptors (Lipinski definition) is 6. The summed E-state index contributed by atoms with van der Waals surface area (Å²) >= 11 is 0. The molecule has 3 aliphatic rings. The number of carbonyl (C=O) groups excluding carboxylic acids is 3. The zero-order valence-corrected chi connectivity index (χ0v) is 29.9. The Morgan fingerprint density at radius 2 is 1.49 bits per heavy atom. The highest BCUT2D eigenvalue weighted by Gasteiger charge is 2.79. The first-order valence-corrected chi connectivity index (χ1v) is 18.0. The van der Waals surface area contributed by atoms with Crippen LogP contribution < -0.4 is 14.7 Å². The summed E-state index contributed by atoms with van der Waals surface area (Å²) in [4.78, 5) is 52.2. The van der Waals surface area contributed by atoms with Crippen molar-refractivity contribution in [3.63, 3.8) is 0 Å². The predicted octanol–water partition coefficient (Wildman–Crippen LogP) is 5.83. The second kappa shape index (κ2) is 14.9. The van der Waals surface area contributed by atoms with Crippen LogP contribution in [-0.2, 0) is 19.1 Å². The lowest BCUT2D eigenvalue weighted by Gasteiger charge is -2.40. The molecule has 3 saturated heterocycles. The number of amides is 3. The van der Waals surface area contributed by atoms with Crippen molar-refractivity contribution in [2.75, 3.05) is 47.5 Å². The summed E-state index contributed by atoms with van der Waals surface area (Å²) in [5.74, 6) is -2.34. The average molecular weight is 671 g/mol. The first-order chi connectivity index (χ1) is 23.6. The maximum absolute atomic E-state index is 15.2. The molecule has 0 radical (unpaired) electrons. The summed E-state index contributed by atoms with van der Waals surface area (Å²) in [5.41, 5.74) is 0.316. The third-order valence-electron chi connectivity index (χ3n) is 11.0. The third kappa shape index (κ3) is 6.20. The molecule has 0 aliphatic carbocycles. The highest BCUT2D eigenvalue weighted by atomic mass is 16.5. The van der Waals surface area contributed by atoms with Crippen LogP contribution >= 0.6 is 0 Å². The Labute approximate surface area is 292 Å². The van der Waals surface area contributed by atoms with Crippen molar-refractivity contribution >= 4 is 34.8 Å². The Balaban J connectivity index is 1.63. The molecular weight excluding hydrogens is 616 g/mol. The number of nitrogens with zero attached hydrogens (tertiary/aromatic N) is 4. The van der Waals surface area contributed by atoms with Crippen molar-refractivity contribution in [1.29, 1.82) is 0 Å². The maximum Gasteiger partial charge on any atom is 0.253 e. The van der Waals surface area contributed by atoms with Gasteiger partial charge in [-0.3, -0.25) is 14.4 Å². The minimum Gasteiger partial charge on any atom is -0.394 e. The Morgan fingerprint density at radius 1 is 0.918 bits per heavy atom. The van der Waals surface area contributed by atoms with Gasteiger partial charge in [0.15, 0.2) is 0 Å². The maximum atomic E-state index is 15.2. The largest absolute Gasteiger partial charge is 0.394 e. The van der Waals surface area contributed by atoms with E-state index in [1.54, 1.807) is 26.9 Å². The van der Waals surface area contributed by atoms with E-state index in [9.17, 15) is 9.90 Å². The molecule has 1 N–H and O–H groups in total. The van der Waals surface area contributed by atoms with Gasteiger partial charge < -0.3 is 29.4 Å². The molecule has 3 heterocycles. The smallest absolute Gasteiger partial charge is 0.253 e. The van der Waals surface area contributed by atoms with E-state index in [1.807, 2.05) is 75.4 Å². The first-order valence-electron chi connectivity index (χ1n) is 18.0. The van der Waals surface area contributed by atoms with E-state index in [-0.39, 0.29) is 43.3 Å². The van der Waals surface area contributed by atoms with Crippen LogP contribution in [0.4, 0.5) is 17.1 Å². The summed E-state index contributed by atoms with van der Waals surface area (Å²) < 4.78 is 7.10. The zero-order chi connectivity index (χ0) is 35.5. The summed E-state index contributed by atoms with van der Waals surface area (Å²) in [6, 6.07) is 15.6. The van der Waals surface area contributed by atoms with Gasteiger partial charge in [0.05, 0.1) is 30.1 Å². The molecule has 9 heteroatoms. The van der Waals surface area contributed by atoms with Crippen molar-refractivity contribution in [3.8, 4) is 0 Å². The normalized spacial score (nSPS) is 26.1. The number of aliphatic hydroxyl groups is 1.